The predicted octanol–water partition coefficient (Wildman–Crippen LogP) is 2.20. The first-order chi connectivity index (χ1) is 9.18. The van der Waals surface area contributed by atoms with E-state index in [1.54, 1.807) is 42.5 Å². The average molecular weight is 277 g/mol. The van der Waals surface area contributed by atoms with E-state index in [2.05, 4.69) is 5.16 Å². The molecule has 0 saturated carbocycles. The van der Waals surface area contributed by atoms with E-state index in [9.17, 15) is 8.42 Å². The first-order valence-corrected chi connectivity index (χ1v) is 7.28. The summed E-state index contributed by atoms with van der Waals surface area (Å²) in [6, 6.07) is 11.6. The maximum Gasteiger partial charge on any atom is 0.237 e. The predicted molar refractivity (Wildman–Crippen MR) is 68.4 cm³/mol. The van der Waals surface area contributed by atoms with Crippen LogP contribution in [0.1, 0.15) is 12.2 Å². The summed E-state index contributed by atoms with van der Waals surface area (Å²) in [6.07, 6.45) is 1.70. The Balaban J connectivity index is 1.83. The molecule has 5 nitrogen and oxygen atoms in total. The number of nitrogens with zero attached hydrogens (tertiary/aromatic N) is 1. The molecule has 1 aliphatic heterocycles. The fraction of sp³-hybridized carbons (Fsp3) is 0.154. The second-order valence-corrected chi connectivity index (χ2v) is 6.20. The average Bonchev–Trinajstić information content (AvgIpc) is 3.10. The van der Waals surface area contributed by atoms with Crippen molar-refractivity contribution in [2.45, 2.75) is 16.8 Å². The van der Waals surface area contributed by atoms with Gasteiger partial charge in [-0.05, 0) is 24.3 Å². The zero-order valence-electron chi connectivity index (χ0n) is 9.89. The van der Waals surface area contributed by atoms with Crippen LogP contribution in [0.2, 0.25) is 0 Å². The van der Waals surface area contributed by atoms with Crippen LogP contribution in [0.3, 0.4) is 0 Å². The van der Waals surface area contributed by atoms with Gasteiger partial charge in [0, 0.05) is 0 Å². The van der Waals surface area contributed by atoms with Gasteiger partial charge in [0.25, 0.3) is 0 Å². The highest BCUT2D eigenvalue weighted by Gasteiger charge is 2.36. The van der Waals surface area contributed by atoms with Gasteiger partial charge in [0.1, 0.15) is 5.71 Å². The second-order valence-electron chi connectivity index (χ2n) is 4.11. The van der Waals surface area contributed by atoms with E-state index in [0.717, 1.165) is 0 Å². The smallest absolute Gasteiger partial charge is 0.237 e. The molecular formula is C13H11NO4S. The van der Waals surface area contributed by atoms with Crippen molar-refractivity contribution in [1.29, 1.82) is 0 Å². The summed E-state index contributed by atoms with van der Waals surface area (Å²) in [7, 11) is -3.54. The topological polar surface area (TPSA) is 68.9 Å². The van der Waals surface area contributed by atoms with Crippen molar-refractivity contribution in [2.75, 3.05) is 0 Å². The lowest BCUT2D eigenvalue weighted by Crippen LogP contribution is -2.21. The van der Waals surface area contributed by atoms with Gasteiger partial charge in [0.05, 0.1) is 17.6 Å². The van der Waals surface area contributed by atoms with Gasteiger partial charge in [-0.25, -0.2) is 8.42 Å². The molecule has 0 radical (unpaired) electrons. The highest BCUT2D eigenvalue weighted by molar-refractivity contribution is 7.92. The standard InChI is InChI=1S/C13H11NO4S/c15-19(16,10-5-2-1-3-6-10)13-9-11(14-18-13)12-7-4-8-17-12/h1-8,13H,9H2/t13-/m1/s1. The van der Waals surface area contributed by atoms with Crippen molar-refractivity contribution in [1.82, 2.24) is 0 Å². The first-order valence-electron chi connectivity index (χ1n) is 5.73. The molecule has 0 unspecified atom stereocenters. The Hall–Kier alpha value is -2.08. The maximum atomic E-state index is 12.3. The van der Waals surface area contributed by atoms with E-state index in [1.807, 2.05) is 0 Å². The summed E-state index contributed by atoms with van der Waals surface area (Å²) in [5.74, 6) is 0.533. The van der Waals surface area contributed by atoms with Gasteiger partial charge in [-0.15, -0.1) is 0 Å². The van der Waals surface area contributed by atoms with Gasteiger partial charge < -0.3 is 9.25 Å². The van der Waals surface area contributed by atoms with Gasteiger partial charge in [-0.1, -0.05) is 23.4 Å². The molecule has 1 aromatic carbocycles. The van der Waals surface area contributed by atoms with Crippen molar-refractivity contribution >= 4 is 15.5 Å². The Kier molecular flexibility index (Phi) is 2.87. The minimum Gasteiger partial charge on any atom is -0.463 e. The number of furan rings is 1. The maximum absolute atomic E-state index is 12.3. The van der Waals surface area contributed by atoms with Gasteiger partial charge in [0.2, 0.25) is 15.3 Å². The van der Waals surface area contributed by atoms with Crippen LogP contribution in [-0.4, -0.2) is 19.6 Å². The molecule has 1 atom stereocenters. The normalized spacial score (nSPS) is 18.9. The number of hydrogen-bond acceptors (Lipinski definition) is 5. The van der Waals surface area contributed by atoms with E-state index in [1.165, 1.54) is 6.26 Å². The van der Waals surface area contributed by atoms with Crippen molar-refractivity contribution < 1.29 is 17.7 Å². The molecule has 3 rings (SSSR count). The largest absolute Gasteiger partial charge is 0.463 e. The third kappa shape index (κ3) is 2.15. The molecule has 0 fully saturated rings. The molecule has 1 aromatic heterocycles. The Morgan fingerprint density at radius 3 is 2.58 bits per heavy atom. The summed E-state index contributed by atoms with van der Waals surface area (Å²) in [6.45, 7) is 0. The third-order valence-corrected chi connectivity index (χ3v) is 4.74. The van der Waals surface area contributed by atoms with Crippen molar-refractivity contribution in [2.24, 2.45) is 5.16 Å². The molecule has 2 heterocycles. The molecule has 6 heteroatoms. The highest BCUT2D eigenvalue weighted by Crippen LogP contribution is 2.25. The third-order valence-electron chi connectivity index (χ3n) is 2.86. The van der Waals surface area contributed by atoms with Crippen molar-refractivity contribution in [3.63, 3.8) is 0 Å². The van der Waals surface area contributed by atoms with Crippen molar-refractivity contribution in [3.8, 4) is 0 Å². The molecule has 98 valence electrons. The lowest BCUT2D eigenvalue weighted by Gasteiger charge is -2.09. The van der Waals surface area contributed by atoms with Crippen LogP contribution in [0.15, 0.2) is 63.2 Å². The molecule has 19 heavy (non-hydrogen) atoms. The van der Waals surface area contributed by atoms with Crippen LogP contribution in [0.4, 0.5) is 0 Å². The SMILES string of the molecule is O=S(=O)(c1ccccc1)[C@@H]1CC(c2ccco2)=NO1. The minimum absolute atomic E-state index is 0.185. The van der Waals surface area contributed by atoms with Gasteiger partial charge in [-0.2, -0.15) is 0 Å². The monoisotopic (exact) mass is 277 g/mol. The quantitative estimate of drug-likeness (QED) is 0.862. The first kappa shape index (κ1) is 12.0. The summed E-state index contributed by atoms with van der Waals surface area (Å²) in [4.78, 5) is 5.28. The molecule has 0 saturated heterocycles. The van der Waals surface area contributed by atoms with E-state index in [0.29, 0.717) is 11.5 Å². The van der Waals surface area contributed by atoms with Gasteiger partial charge >= 0.3 is 0 Å². The molecule has 0 spiro atoms. The lowest BCUT2D eigenvalue weighted by molar-refractivity contribution is 0.140. The van der Waals surface area contributed by atoms with Crippen LogP contribution >= 0.6 is 0 Å². The molecule has 0 amide bonds. The number of rotatable bonds is 3. The zero-order valence-corrected chi connectivity index (χ0v) is 10.7. The molecule has 2 aromatic rings. The Labute approximate surface area is 110 Å². The summed E-state index contributed by atoms with van der Waals surface area (Å²) in [5.41, 5.74) is -0.482. The van der Waals surface area contributed by atoms with Crippen LogP contribution in [0, 0.1) is 0 Å². The summed E-state index contributed by atoms with van der Waals surface area (Å²) < 4.78 is 29.8. The Bertz CT molecular complexity index is 690. The fourth-order valence-corrected chi connectivity index (χ4v) is 3.25. The van der Waals surface area contributed by atoms with Crippen LogP contribution in [0.5, 0.6) is 0 Å². The number of benzene rings is 1. The van der Waals surface area contributed by atoms with E-state index in [4.69, 9.17) is 9.25 Å². The lowest BCUT2D eigenvalue weighted by atomic mass is 10.2. The number of hydrogen-bond donors (Lipinski definition) is 0. The van der Waals surface area contributed by atoms with Crippen LogP contribution < -0.4 is 0 Å². The zero-order chi connectivity index (χ0) is 13.3. The number of oxime groups is 1. The van der Waals surface area contributed by atoms with Crippen LogP contribution in [-0.2, 0) is 14.7 Å². The van der Waals surface area contributed by atoms with Gasteiger partial charge in [0.15, 0.2) is 5.76 Å². The minimum atomic E-state index is -3.54. The highest BCUT2D eigenvalue weighted by atomic mass is 32.2. The molecule has 0 N–H and O–H groups in total. The van der Waals surface area contributed by atoms with Crippen molar-refractivity contribution in [3.05, 3.63) is 54.5 Å². The Morgan fingerprint density at radius 2 is 1.89 bits per heavy atom. The van der Waals surface area contributed by atoms with E-state index in [-0.39, 0.29) is 11.3 Å². The molecule has 1 aliphatic rings. The fourth-order valence-electron chi connectivity index (χ4n) is 1.87. The van der Waals surface area contributed by atoms with E-state index >= 15 is 0 Å². The molecular weight excluding hydrogens is 266 g/mol. The molecule has 0 bridgehead atoms. The number of sulfone groups is 1. The van der Waals surface area contributed by atoms with E-state index < -0.39 is 15.3 Å². The summed E-state index contributed by atoms with van der Waals surface area (Å²) in [5, 5.41) is 3.80. The second kappa shape index (κ2) is 4.55. The van der Waals surface area contributed by atoms with Gasteiger partial charge in [-0.3, -0.25) is 0 Å². The molecule has 0 aliphatic carbocycles. The van der Waals surface area contributed by atoms with Crippen LogP contribution in [0.25, 0.3) is 0 Å². The Morgan fingerprint density at radius 1 is 1.11 bits per heavy atom. The summed E-state index contributed by atoms with van der Waals surface area (Å²) >= 11 is 0.